The standard InChI is InChI=1S/C18H22N4O/c1-22(16-5-3-9-21-13-16)17(15-4-2-8-20-12-15)18(14-23)6-10-19-11-7-18/h2-5,8-9,12-14,17,19H,6-7,10-11H2,1H3. The Morgan fingerprint density at radius 1 is 1.17 bits per heavy atom. The molecule has 1 aliphatic rings. The Morgan fingerprint density at radius 2 is 1.87 bits per heavy atom. The minimum Gasteiger partial charge on any atom is -0.365 e. The fourth-order valence-electron chi connectivity index (χ4n) is 3.54. The number of aromatic nitrogens is 2. The highest BCUT2D eigenvalue weighted by molar-refractivity contribution is 5.64. The van der Waals surface area contributed by atoms with Crippen LogP contribution in [0.3, 0.4) is 0 Å². The molecule has 1 atom stereocenters. The van der Waals surface area contributed by atoms with E-state index in [1.54, 1.807) is 12.4 Å². The van der Waals surface area contributed by atoms with E-state index >= 15 is 0 Å². The first kappa shape index (κ1) is 15.6. The molecule has 0 radical (unpaired) electrons. The fraction of sp³-hybridized carbons (Fsp3) is 0.389. The summed E-state index contributed by atoms with van der Waals surface area (Å²) in [5, 5.41) is 3.35. The van der Waals surface area contributed by atoms with Crippen LogP contribution in [0, 0.1) is 5.41 Å². The average molecular weight is 310 g/mol. The van der Waals surface area contributed by atoms with Crippen LogP contribution in [0.4, 0.5) is 5.69 Å². The van der Waals surface area contributed by atoms with Crippen molar-refractivity contribution in [3.8, 4) is 0 Å². The molecule has 0 bridgehead atoms. The van der Waals surface area contributed by atoms with E-state index in [1.807, 2.05) is 37.6 Å². The van der Waals surface area contributed by atoms with Gasteiger partial charge in [-0.15, -0.1) is 0 Å². The Balaban J connectivity index is 2.05. The van der Waals surface area contributed by atoms with Crippen molar-refractivity contribution in [3.63, 3.8) is 0 Å². The summed E-state index contributed by atoms with van der Waals surface area (Å²) in [6.45, 7) is 1.72. The number of rotatable bonds is 5. The Hall–Kier alpha value is -2.27. The second-order valence-electron chi connectivity index (χ2n) is 6.11. The van der Waals surface area contributed by atoms with Crippen molar-refractivity contribution in [2.45, 2.75) is 18.9 Å². The topological polar surface area (TPSA) is 58.1 Å². The number of anilines is 1. The summed E-state index contributed by atoms with van der Waals surface area (Å²) >= 11 is 0. The van der Waals surface area contributed by atoms with E-state index < -0.39 is 5.41 Å². The van der Waals surface area contributed by atoms with Crippen LogP contribution in [0.1, 0.15) is 24.4 Å². The molecule has 5 heteroatoms. The van der Waals surface area contributed by atoms with Gasteiger partial charge in [0.15, 0.2) is 0 Å². The summed E-state index contributed by atoms with van der Waals surface area (Å²) in [6, 6.07) is 7.87. The summed E-state index contributed by atoms with van der Waals surface area (Å²) in [4.78, 5) is 22.8. The van der Waals surface area contributed by atoms with E-state index in [1.165, 1.54) is 0 Å². The lowest BCUT2D eigenvalue weighted by molar-refractivity contribution is -0.119. The zero-order valence-corrected chi connectivity index (χ0v) is 13.4. The van der Waals surface area contributed by atoms with Gasteiger partial charge in [-0.1, -0.05) is 6.07 Å². The van der Waals surface area contributed by atoms with E-state index in [-0.39, 0.29) is 6.04 Å². The van der Waals surface area contributed by atoms with Gasteiger partial charge in [0.1, 0.15) is 6.29 Å². The van der Waals surface area contributed by atoms with Crippen molar-refractivity contribution in [1.82, 2.24) is 15.3 Å². The molecule has 0 aromatic carbocycles. The summed E-state index contributed by atoms with van der Waals surface area (Å²) in [5.41, 5.74) is 1.65. The van der Waals surface area contributed by atoms with Crippen molar-refractivity contribution in [2.75, 3.05) is 25.0 Å². The van der Waals surface area contributed by atoms with Crippen LogP contribution >= 0.6 is 0 Å². The van der Waals surface area contributed by atoms with E-state index in [4.69, 9.17) is 0 Å². The van der Waals surface area contributed by atoms with E-state index in [9.17, 15) is 4.79 Å². The highest BCUT2D eigenvalue weighted by Crippen LogP contribution is 2.44. The summed E-state index contributed by atoms with van der Waals surface area (Å²) in [5.74, 6) is 0. The third-order valence-corrected chi connectivity index (χ3v) is 4.75. The van der Waals surface area contributed by atoms with E-state index in [2.05, 4.69) is 26.3 Å². The lowest BCUT2D eigenvalue weighted by atomic mass is 9.71. The van der Waals surface area contributed by atoms with Crippen LogP contribution in [0.25, 0.3) is 0 Å². The maximum atomic E-state index is 12.1. The van der Waals surface area contributed by atoms with Gasteiger partial charge in [-0.3, -0.25) is 9.97 Å². The van der Waals surface area contributed by atoms with Gasteiger partial charge in [-0.2, -0.15) is 0 Å². The number of hydrogen-bond acceptors (Lipinski definition) is 5. The van der Waals surface area contributed by atoms with Crippen LogP contribution in [0.2, 0.25) is 0 Å². The van der Waals surface area contributed by atoms with Gasteiger partial charge in [0, 0.05) is 25.6 Å². The van der Waals surface area contributed by atoms with Gasteiger partial charge >= 0.3 is 0 Å². The molecule has 2 aromatic rings. The number of carbonyl (C=O) groups excluding carboxylic acids is 1. The van der Waals surface area contributed by atoms with Crippen LogP contribution in [-0.2, 0) is 4.79 Å². The molecule has 3 rings (SSSR count). The molecular formula is C18H22N4O. The van der Waals surface area contributed by atoms with Gasteiger partial charge in [0.2, 0.25) is 0 Å². The third-order valence-electron chi connectivity index (χ3n) is 4.75. The molecule has 0 saturated carbocycles. The molecule has 120 valence electrons. The number of carbonyl (C=O) groups is 1. The van der Waals surface area contributed by atoms with Crippen LogP contribution in [0.15, 0.2) is 49.1 Å². The van der Waals surface area contributed by atoms with Gasteiger partial charge in [0.25, 0.3) is 0 Å². The van der Waals surface area contributed by atoms with Crippen molar-refractivity contribution in [3.05, 3.63) is 54.6 Å². The average Bonchev–Trinajstić information content (AvgIpc) is 2.64. The number of nitrogens with one attached hydrogen (secondary N) is 1. The Kier molecular flexibility index (Phi) is 4.67. The number of nitrogens with zero attached hydrogens (tertiary/aromatic N) is 3. The molecule has 0 spiro atoms. The monoisotopic (exact) mass is 310 g/mol. The summed E-state index contributed by atoms with van der Waals surface area (Å²) < 4.78 is 0. The lowest BCUT2D eigenvalue weighted by Crippen LogP contribution is -2.47. The van der Waals surface area contributed by atoms with Crippen LogP contribution in [-0.4, -0.2) is 36.4 Å². The smallest absolute Gasteiger partial charge is 0.128 e. The van der Waals surface area contributed by atoms with Gasteiger partial charge < -0.3 is 15.0 Å². The Bertz CT molecular complexity index is 626. The molecule has 1 unspecified atom stereocenters. The minimum atomic E-state index is -0.418. The van der Waals surface area contributed by atoms with Gasteiger partial charge in [0.05, 0.1) is 23.3 Å². The zero-order valence-electron chi connectivity index (χ0n) is 13.4. The van der Waals surface area contributed by atoms with Gasteiger partial charge in [-0.05, 0) is 49.7 Å². The molecule has 0 aliphatic carbocycles. The first-order chi connectivity index (χ1) is 11.3. The second kappa shape index (κ2) is 6.87. The largest absolute Gasteiger partial charge is 0.365 e. The molecule has 1 saturated heterocycles. The van der Waals surface area contributed by atoms with Crippen molar-refractivity contribution in [1.29, 1.82) is 0 Å². The molecule has 23 heavy (non-hydrogen) atoms. The Labute approximate surface area is 136 Å². The number of piperidine rings is 1. The molecule has 1 aliphatic heterocycles. The second-order valence-corrected chi connectivity index (χ2v) is 6.11. The number of hydrogen-bond donors (Lipinski definition) is 1. The van der Waals surface area contributed by atoms with E-state index in [0.29, 0.717) is 0 Å². The van der Waals surface area contributed by atoms with E-state index in [0.717, 1.165) is 43.5 Å². The highest BCUT2D eigenvalue weighted by Gasteiger charge is 2.43. The summed E-state index contributed by atoms with van der Waals surface area (Å²) in [7, 11) is 2.03. The lowest BCUT2D eigenvalue weighted by Gasteiger charge is -2.44. The highest BCUT2D eigenvalue weighted by atomic mass is 16.1. The van der Waals surface area contributed by atoms with Crippen molar-refractivity contribution in [2.24, 2.45) is 5.41 Å². The zero-order chi connectivity index (χ0) is 16.1. The Morgan fingerprint density at radius 3 is 2.43 bits per heavy atom. The minimum absolute atomic E-state index is 0.0556. The van der Waals surface area contributed by atoms with Crippen LogP contribution < -0.4 is 10.2 Å². The first-order valence-electron chi connectivity index (χ1n) is 7.97. The fourth-order valence-corrected chi connectivity index (χ4v) is 3.54. The van der Waals surface area contributed by atoms with Crippen molar-refractivity contribution >= 4 is 12.0 Å². The molecule has 0 amide bonds. The predicted octanol–water partition coefficient (Wildman–Crippen LogP) is 2.22. The molecule has 1 N–H and O–H groups in total. The maximum absolute atomic E-state index is 12.1. The maximum Gasteiger partial charge on any atom is 0.128 e. The normalized spacial score (nSPS) is 18.1. The van der Waals surface area contributed by atoms with Gasteiger partial charge in [-0.25, -0.2) is 0 Å². The molecular weight excluding hydrogens is 288 g/mol. The predicted molar refractivity (Wildman–Crippen MR) is 90.2 cm³/mol. The number of pyridine rings is 2. The van der Waals surface area contributed by atoms with Crippen molar-refractivity contribution < 1.29 is 4.79 Å². The third kappa shape index (κ3) is 3.10. The molecule has 5 nitrogen and oxygen atoms in total. The molecule has 1 fully saturated rings. The first-order valence-corrected chi connectivity index (χ1v) is 7.97. The number of aldehydes is 1. The van der Waals surface area contributed by atoms with Crippen LogP contribution in [0.5, 0.6) is 0 Å². The molecule has 3 heterocycles. The molecule has 2 aromatic heterocycles. The quantitative estimate of drug-likeness (QED) is 0.858. The SMILES string of the molecule is CN(c1cccnc1)C(c1cccnc1)C1(C=O)CCNCC1. The summed E-state index contributed by atoms with van der Waals surface area (Å²) in [6.07, 6.45) is 10.0.